The highest BCUT2D eigenvalue weighted by molar-refractivity contribution is 5.65. The average molecular weight is 296 g/mol. The lowest BCUT2D eigenvalue weighted by atomic mass is 9.50. The SMILES string of the molecule is c1ccc2c(c1)N[C@H]1CC[C@]34CCCN5CC[C@]21[C@@]53OCC4. The summed E-state index contributed by atoms with van der Waals surface area (Å²) in [5.74, 6) is 0. The van der Waals surface area contributed by atoms with Gasteiger partial charge >= 0.3 is 0 Å². The van der Waals surface area contributed by atoms with Gasteiger partial charge in [-0.25, -0.2) is 0 Å². The number of ether oxygens (including phenoxy) is 1. The van der Waals surface area contributed by atoms with Crippen molar-refractivity contribution < 1.29 is 4.74 Å². The molecule has 1 aromatic carbocycles. The van der Waals surface area contributed by atoms with E-state index in [1.165, 1.54) is 57.3 Å². The van der Waals surface area contributed by atoms with Crippen molar-refractivity contribution in [2.24, 2.45) is 5.41 Å². The highest BCUT2D eigenvalue weighted by atomic mass is 16.5. The summed E-state index contributed by atoms with van der Waals surface area (Å²) >= 11 is 0. The fourth-order valence-corrected chi connectivity index (χ4v) is 7.22. The van der Waals surface area contributed by atoms with Gasteiger partial charge in [-0.05, 0) is 50.2 Å². The molecule has 4 aliphatic heterocycles. The van der Waals surface area contributed by atoms with E-state index in [0.717, 1.165) is 6.61 Å². The van der Waals surface area contributed by atoms with Gasteiger partial charge in [0.2, 0.25) is 0 Å². The third-order valence-corrected chi connectivity index (χ3v) is 7.76. The number of benzene rings is 1. The number of hydrogen-bond acceptors (Lipinski definition) is 3. The zero-order chi connectivity index (χ0) is 14.4. The average Bonchev–Trinajstić information content (AvgIpc) is 3.19. The van der Waals surface area contributed by atoms with Crippen LogP contribution in [0.15, 0.2) is 24.3 Å². The van der Waals surface area contributed by atoms with Crippen molar-refractivity contribution in [3.05, 3.63) is 29.8 Å². The Labute approximate surface area is 132 Å². The highest BCUT2D eigenvalue weighted by Gasteiger charge is 2.78. The molecule has 116 valence electrons. The smallest absolute Gasteiger partial charge is 0.139 e. The Morgan fingerprint density at radius 2 is 2.05 bits per heavy atom. The number of hydrogen-bond donors (Lipinski definition) is 1. The third kappa shape index (κ3) is 1.03. The van der Waals surface area contributed by atoms with Gasteiger partial charge in [-0.2, -0.15) is 0 Å². The molecular formula is C19H24N2O. The van der Waals surface area contributed by atoms with E-state index in [1.807, 2.05) is 0 Å². The molecule has 1 N–H and O–H groups in total. The summed E-state index contributed by atoms with van der Waals surface area (Å²) in [4.78, 5) is 2.75. The first kappa shape index (κ1) is 12.4. The molecule has 4 fully saturated rings. The zero-order valence-corrected chi connectivity index (χ0v) is 13.1. The second-order valence-corrected chi connectivity index (χ2v) is 8.12. The number of piperidine rings is 1. The maximum Gasteiger partial charge on any atom is 0.139 e. The second kappa shape index (κ2) is 3.70. The largest absolute Gasteiger partial charge is 0.381 e. The van der Waals surface area contributed by atoms with E-state index < -0.39 is 0 Å². The van der Waals surface area contributed by atoms with Gasteiger partial charge in [0.15, 0.2) is 0 Å². The molecule has 5 aliphatic rings. The van der Waals surface area contributed by atoms with E-state index >= 15 is 0 Å². The Bertz CT molecular complexity index is 661. The number of para-hydroxylation sites is 1. The molecule has 4 heterocycles. The van der Waals surface area contributed by atoms with Crippen LogP contribution in [0.4, 0.5) is 5.69 Å². The molecule has 22 heavy (non-hydrogen) atoms. The molecule has 4 atom stereocenters. The van der Waals surface area contributed by atoms with Crippen LogP contribution in [0.2, 0.25) is 0 Å². The minimum atomic E-state index is -0.0131. The quantitative estimate of drug-likeness (QED) is 0.796. The molecule has 0 aromatic heterocycles. The Kier molecular flexibility index (Phi) is 2.08. The molecule has 1 aromatic rings. The van der Waals surface area contributed by atoms with Crippen LogP contribution >= 0.6 is 0 Å². The van der Waals surface area contributed by atoms with Crippen LogP contribution in [-0.2, 0) is 10.2 Å². The van der Waals surface area contributed by atoms with Gasteiger partial charge in [-0.15, -0.1) is 0 Å². The standard InChI is InChI=1S/C19H24N2O/c1-2-5-15-14(4-1)18-9-12-21-11-3-7-17(8-6-16(18)20-15)10-13-22-19(17,18)21/h1-2,4-5,16,20H,3,6-13H2/t16-,17-,18-,19+/m0/s1. The number of nitrogens with zero attached hydrogens (tertiary/aromatic N) is 1. The topological polar surface area (TPSA) is 24.5 Å². The van der Waals surface area contributed by atoms with Crippen molar-refractivity contribution in [3.8, 4) is 0 Å². The summed E-state index contributed by atoms with van der Waals surface area (Å²) in [6.45, 7) is 3.42. The van der Waals surface area contributed by atoms with Crippen molar-refractivity contribution in [2.75, 3.05) is 25.0 Å². The summed E-state index contributed by atoms with van der Waals surface area (Å²) in [7, 11) is 0. The van der Waals surface area contributed by atoms with E-state index in [9.17, 15) is 0 Å². The first-order valence-electron chi connectivity index (χ1n) is 9.08. The van der Waals surface area contributed by atoms with E-state index in [-0.39, 0.29) is 11.1 Å². The lowest BCUT2D eigenvalue weighted by Crippen LogP contribution is -2.72. The fraction of sp³-hybridized carbons (Fsp3) is 0.684. The Balaban J connectivity index is 1.67. The molecule has 0 radical (unpaired) electrons. The van der Waals surface area contributed by atoms with Gasteiger partial charge in [-0.3, -0.25) is 4.90 Å². The lowest BCUT2D eigenvalue weighted by molar-refractivity contribution is -0.230. The van der Waals surface area contributed by atoms with Crippen LogP contribution in [0.25, 0.3) is 0 Å². The third-order valence-electron chi connectivity index (χ3n) is 7.76. The molecule has 3 nitrogen and oxygen atoms in total. The van der Waals surface area contributed by atoms with E-state index in [1.54, 1.807) is 5.56 Å². The van der Waals surface area contributed by atoms with Crippen LogP contribution in [0.5, 0.6) is 0 Å². The minimum absolute atomic E-state index is 0.0131. The number of rotatable bonds is 0. The van der Waals surface area contributed by atoms with Crippen LogP contribution in [0, 0.1) is 5.41 Å². The molecule has 0 bridgehead atoms. The highest BCUT2D eigenvalue weighted by Crippen LogP contribution is 2.72. The predicted octanol–water partition coefficient (Wildman–Crippen LogP) is 3.11. The Hall–Kier alpha value is -1.06. The maximum absolute atomic E-state index is 6.77. The summed E-state index contributed by atoms with van der Waals surface area (Å²) in [6.07, 6.45) is 7.94. The predicted molar refractivity (Wildman–Crippen MR) is 85.9 cm³/mol. The molecule has 3 heteroatoms. The lowest BCUT2D eigenvalue weighted by Gasteiger charge is -2.62. The van der Waals surface area contributed by atoms with Crippen LogP contribution in [0.3, 0.4) is 0 Å². The van der Waals surface area contributed by atoms with Crippen LogP contribution in [-0.4, -0.2) is 36.4 Å². The van der Waals surface area contributed by atoms with Gasteiger partial charge in [0.1, 0.15) is 5.72 Å². The van der Waals surface area contributed by atoms with Crippen molar-refractivity contribution >= 4 is 5.69 Å². The van der Waals surface area contributed by atoms with Crippen LogP contribution in [0.1, 0.15) is 44.1 Å². The van der Waals surface area contributed by atoms with Gasteiger partial charge < -0.3 is 10.1 Å². The molecule has 1 saturated carbocycles. The molecule has 0 unspecified atom stereocenters. The van der Waals surface area contributed by atoms with Gasteiger partial charge in [-0.1, -0.05) is 18.2 Å². The van der Waals surface area contributed by atoms with E-state index in [4.69, 9.17) is 4.74 Å². The summed E-state index contributed by atoms with van der Waals surface area (Å²) < 4.78 is 6.77. The Morgan fingerprint density at radius 1 is 1.09 bits per heavy atom. The maximum atomic E-state index is 6.77. The van der Waals surface area contributed by atoms with Gasteiger partial charge in [0.05, 0.1) is 5.41 Å². The summed E-state index contributed by atoms with van der Waals surface area (Å²) in [5, 5.41) is 3.89. The van der Waals surface area contributed by atoms with Gasteiger partial charge in [0.25, 0.3) is 0 Å². The fourth-order valence-electron chi connectivity index (χ4n) is 7.22. The summed E-state index contributed by atoms with van der Waals surface area (Å²) in [5.41, 5.74) is 3.52. The second-order valence-electron chi connectivity index (χ2n) is 8.12. The van der Waals surface area contributed by atoms with Crippen LogP contribution < -0.4 is 5.32 Å². The molecule has 6 rings (SSSR count). The number of anilines is 1. The first-order chi connectivity index (χ1) is 10.8. The minimum Gasteiger partial charge on any atom is -0.381 e. The first-order valence-corrected chi connectivity index (χ1v) is 9.08. The molecular weight excluding hydrogens is 272 g/mol. The van der Waals surface area contributed by atoms with Crippen molar-refractivity contribution in [1.82, 2.24) is 4.90 Å². The zero-order valence-electron chi connectivity index (χ0n) is 13.1. The molecule has 0 amide bonds. The van der Waals surface area contributed by atoms with Crippen molar-refractivity contribution in [1.29, 1.82) is 0 Å². The van der Waals surface area contributed by atoms with Gasteiger partial charge in [0, 0.05) is 36.8 Å². The molecule has 1 aliphatic carbocycles. The van der Waals surface area contributed by atoms with Crippen molar-refractivity contribution in [3.63, 3.8) is 0 Å². The summed E-state index contributed by atoms with van der Waals surface area (Å²) in [6, 6.07) is 9.63. The van der Waals surface area contributed by atoms with E-state index in [0.29, 0.717) is 11.5 Å². The van der Waals surface area contributed by atoms with E-state index in [2.05, 4.69) is 34.5 Å². The Morgan fingerprint density at radius 3 is 3.05 bits per heavy atom. The van der Waals surface area contributed by atoms with Crippen molar-refractivity contribution in [2.45, 2.75) is 55.7 Å². The normalized spacial score (nSPS) is 48.3. The number of nitrogens with one attached hydrogen (secondary N) is 1. The number of fused-ring (bicyclic) bond motifs is 1. The molecule has 3 saturated heterocycles. The molecule has 2 spiro atoms. The monoisotopic (exact) mass is 296 g/mol.